The van der Waals surface area contributed by atoms with Crippen molar-refractivity contribution in [2.24, 2.45) is 0 Å². The summed E-state index contributed by atoms with van der Waals surface area (Å²) in [6.07, 6.45) is -0.910. The highest BCUT2D eigenvalue weighted by Crippen LogP contribution is 2.41. The molecule has 0 amide bonds. The minimum atomic E-state index is -4.71. The number of sulfonamides is 1. The van der Waals surface area contributed by atoms with Crippen molar-refractivity contribution in [3.63, 3.8) is 0 Å². The van der Waals surface area contributed by atoms with Gasteiger partial charge in [0.2, 0.25) is 0 Å². The lowest BCUT2D eigenvalue weighted by Crippen LogP contribution is -2.43. The van der Waals surface area contributed by atoms with Crippen LogP contribution in [-0.2, 0) is 27.4 Å². The average molecular weight is 558 g/mol. The number of hydrogen-bond acceptors (Lipinski definition) is 4. The number of aliphatic carboxylic acids is 1. The number of nitrogens with zero attached hydrogens (tertiary/aromatic N) is 1. The zero-order chi connectivity index (χ0) is 27.8. The fourth-order valence-corrected chi connectivity index (χ4v) is 6.59. The lowest BCUT2D eigenvalue weighted by Gasteiger charge is -2.35. The van der Waals surface area contributed by atoms with Crippen molar-refractivity contribution in [3.8, 4) is 5.75 Å². The predicted molar refractivity (Wildman–Crippen MR) is 141 cm³/mol. The first-order chi connectivity index (χ1) is 18.5. The Labute approximate surface area is 224 Å². The summed E-state index contributed by atoms with van der Waals surface area (Å²) < 4.78 is 74.6. The van der Waals surface area contributed by atoms with Gasteiger partial charge in [-0.2, -0.15) is 13.2 Å². The van der Waals surface area contributed by atoms with Gasteiger partial charge in [-0.15, -0.1) is 0 Å². The van der Waals surface area contributed by atoms with Crippen LogP contribution in [0.3, 0.4) is 0 Å². The monoisotopic (exact) mass is 557 g/mol. The molecular weight excluding hydrogens is 531 g/mol. The highest BCUT2D eigenvalue weighted by atomic mass is 32.2. The summed E-state index contributed by atoms with van der Waals surface area (Å²) in [7, 11) is -4.44. The minimum Gasteiger partial charge on any atom is -0.486 e. The van der Waals surface area contributed by atoms with Crippen molar-refractivity contribution >= 4 is 33.3 Å². The molecule has 3 aromatic rings. The molecule has 0 radical (unpaired) electrons. The number of anilines is 1. The number of alkyl halides is 3. The molecule has 6 nitrogen and oxygen atoms in total. The maximum absolute atomic E-state index is 13.7. The van der Waals surface area contributed by atoms with Gasteiger partial charge in [-0.3, -0.25) is 9.10 Å². The fourth-order valence-electron chi connectivity index (χ4n) is 5.05. The van der Waals surface area contributed by atoms with Crippen LogP contribution in [0.15, 0.2) is 71.6 Å². The summed E-state index contributed by atoms with van der Waals surface area (Å²) in [6, 6.07) is 16.8. The molecule has 1 heterocycles. The first-order valence-electron chi connectivity index (χ1n) is 12.5. The molecule has 1 aliphatic carbocycles. The van der Waals surface area contributed by atoms with Crippen LogP contribution in [0.5, 0.6) is 5.75 Å². The number of carboxylic acid groups (broad SMARTS) is 1. The minimum absolute atomic E-state index is 0.0337. The second-order valence-electron chi connectivity index (χ2n) is 9.64. The number of rotatable bonds is 6. The Morgan fingerprint density at radius 3 is 2.62 bits per heavy atom. The first-order valence-corrected chi connectivity index (χ1v) is 14.0. The third-order valence-corrected chi connectivity index (χ3v) is 8.72. The molecule has 0 saturated heterocycles. The maximum atomic E-state index is 13.7. The lowest BCUT2D eigenvalue weighted by molar-refractivity contribution is -0.138. The number of halogens is 3. The molecule has 3 aromatic carbocycles. The molecule has 0 aromatic heterocycles. The van der Waals surface area contributed by atoms with Crippen molar-refractivity contribution in [1.82, 2.24) is 0 Å². The Kier molecular flexibility index (Phi) is 7.15. The van der Waals surface area contributed by atoms with E-state index < -0.39 is 38.7 Å². The number of carboxylic acids is 1. The number of benzene rings is 3. The lowest BCUT2D eigenvalue weighted by atomic mass is 9.86. The largest absolute Gasteiger partial charge is 0.486 e. The molecule has 0 bridgehead atoms. The fraction of sp³-hybridized carbons (Fsp3) is 0.276. The van der Waals surface area contributed by atoms with Gasteiger partial charge in [0.05, 0.1) is 22.7 Å². The maximum Gasteiger partial charge on any atom is 0.416 e. The molecule has 1 N–H and O–H groups in total. The van der Waals surface area contributed by atoms with E-state index in [1.807, 2.05) is 18.2 Å². The van der Waals surface area contributed by atoms with Crippen LogP contribution >= 0.6 is 0 Å². The van der Waals surface area contributed by atoms with Crippen LogP contribution in [-0.4, -0.2) is 32.1 Å². The topological polar surface area (TPSA) is 83.9 Å². The summed E-state index contributed by atoms with van der Waals surface area (Å²) in [5, 5.41) is 9.11. The number of hydrogen-bond donors (Lipinski definition) is 1. The van der Waals surface area contributed by atoms with Crippen LogP contribution in [0, 0.1) is 0 Å². The molecule has 5 rings (SSSR count). The highest BCUT2D eigenvalue weighted by Gasteiger charge is 2.37. The molecule has 204 valence electrons. The van der Waals surface area contributed by atoms with Gasteiger partial charge in [0.1, 0.15) is 11.9 Å². The third kappa shape index (κ3) is 5.66. The number of fused-ring (bicyclic) bond motifs is 2. The summed E-state index contributed by atoms with van der Waals surface area (Å²) in [4.78, 5) is 10.6. The Morgan fingerprint density at radius 2 is 1.85 bits per heavy atom. The first kappa shape index (κ1) is 26.8. The van der Waals surface area contributed by atoms with Gasteiger partial charge in [-0.1, -0.05) is 42.5 Å². The molecule has 0 spiro atoms. The molecule has 1 unspecified atom stereocenters. The molecule has 0 fully saturated rings. The SMILES string of the molecule is O=C(O)CCC1CN(S(=O)(=O)c2cccc(C(F)(F)F)c2)c2cc(C=C3CCCc4ccccc43)ccc2O1. The second kappa shape index (κ2) is 10.4. The molecule has 1 atom stereocenters. The van der Waals surface area contributed by atoms with Gasteiger partial charge in [0.15, 0.2) is 0 Å². The van der Waals surface area contributed by atoms with Crippen LogP contribution in [0.1, 0.15) is 47.9 Å². The summed E-state index contributed by atoms with van der Waals surface area (Å²) in [6.45, 7) is -0.234. The summed E-state index contributed by atoms with van der Waals surface area (Å²) in [5.74, 6) is -0.843. The highest BCUT2D eigenvalue weighted by molar-refractivity contribution is 7.92. The van der Waals surface area contributed by atoms with Gasteiger partial charge in [-0.25, -0.2) is 8.42 Å². The Balaban J connectivity index is 1.57. The van der Waals surface area contributed by atoms with Crippen LogP contribution in [0.25, 0.3) is 11.6 Å². The Bertz CT molecular complexity index is 1550. The molecule has 1 aliphatic heterocycles. The Morgan fingerprint density at radius 1 is 1.05 bits per heavy atom. The number of carbonyl (C=O) groups is 1. The molecule has 2 aliphatic rings. The van der Waals surface area contributed by atoms with Crippen molar-refractivity contribution in [1.29, 1.82) is 0 Å². The number of allylic oxidation sites excluding steroid dienone is 1. The molecule has 39 heavy (non-hydrogen) atoms. The van der Waals surface area contributed by atoms with E-state index >= 15 is 0 Å². The van der Waals surface area contributed by atoms with E-state index in [9.17, 15) is 26.4 Å². The summed E-state index contributed by atoms with van der Waals surface area (Å²) in [5.41, 5.74) is 3.33. The van der Waals surface area contributed by atoms with E-state index in [0.717, 1.165) is 58.5 Å². The van der Waals surface area contributed by atoms with Crippen molar-refractivity contribution in [2.75, 3.05) is 10.8 Å². The molecular formula is C29H26F3NO5S. The van der Waals surface area contributed by atoms with Gasteiger partial charge in [-0.05, 0) is 78.3 Å². The second-order valence-corrected chi connectivity index (χ2v) is 11.5. The summed E-state index contributed by atoms with van der Waals surface area (Å²) >= 11 is 0. The van der Waals surface area contributed by atoms with Crippen molar-refractivity contribution < 1.29 is 36.2 Å². The number of ether oxygens (including phenoxy) is 1. The molecule has 0 saturated carbocycles. The van der Waals surface area contributed by atoms with E-state index in [1.165, 1.54) is 5.56 Å². The third-order valence-electron chi connectivity index (χ3n) is 6.94. The molecule has 10 heteroatoms. The van der Waals surface area contributed by atoms with Gasteiger partial charge < -0.3 is 9.84 Å². The van der Waals surface area contributed by atoms with Crippen molar-refractivity contribution in [2.45, 2.75) is 49.3 Å². The smallest absolute Gasteiger partial charge is 0.416 e. The van der Waals surface area contributed by atoms with Gasteiger partial charge in [0, 0.05) is 6.42 Å². The number of aryl methyl sites for hydroxylation is 1. The van der Waals surface area contributed by atoms with E-state index in [4.69, 9.17) is 9.84 Å². The standard InChI is InChI=1S/C29H26F3NO5S/c30-29(31,32)22-8-4-9-24(17-22)39(36,37)33-18-23(12-14-28(34)35)38-27-13-11-19(16-26(27)33)15-21-7-3-6-20-5-1-2-10-25(20)21/h1-2,4-5,8-11,13,15-17,23H,3,6-7,12,14,18H2,(H,34,35). The zero-order valence-corrected chi connectivity index (χ0v) is 21.6. The van der Waals surface area contributed by atoms with E-state index in [1.54, 1.807) is 18.2 Å². The Hall–Kier alpha value is -3.79. The van der Waals surface area contributed by atoms with Crippen molar-refractivity contribution in [3.05, 3.63) is 89.0 Å². The van der Waals surface area contributed by atoms with E-state index in [0.29, 0.717) is 6.07 Å². The van der Waals surface area contributed by atoms with Crippen LogP contribution < -0.4 is 9.04 Å². The normalized spacial score (nSPS) is 18.3. The van der Waals surface area contributed by atoms with Crippen LogP contribution in [0.2, 0.25) is 0 Å². The average Bonchev–Trinajstić information content (AvgIpc) is 2.91. The zero-order valence-electron chi connectivity index (χ0n) is 20.8. The quantitative estimate of drug-likeness (QED) is 0.379. The van der Waals surface area contributed by atoms with E-state index in [2.05, 4.69) is 12.1 Å². The van der Waals surface area contributed by atoms with Gasteiger partial charge in [0.25, 0.3) is 10.0 Å². The predicted octanol–water partition coefficient (Wildman–Crippen LogP) is 6.40. The van der Waals surface area contributed by atoms with Gasteiger partial charge >= 0.3 is 12.1 Å². The van der Waals surface area contributed by atoms with E-state index in [-0.39, 0.29) is 30.8 Å². The van der Waals surface area contributed by atoms with Crippen LogP contribution in [0.4, 0.5) is 18.9 Å².